The highest BCUT2D eigenvalue weighted by Gasteiger charge is 2.20. The van der Waals surface area contributed by atoms with Crippen molar-refractivity contribution in [1.82, 2.24) is 4.98 Å². The zero-order valence-corrected chi connectivity index (χ0v) is 17.4. The number of esters is 1. The summed E-state index contributed by atoms with van der Waals surface area (Å²) >= 11 is 1.39. The van der Waals surface area contributed by atoms with E-state index in [0.717, 1.165) is 16.8 Å². The van der Waals surface area contributed by atoms with Crippen molar-refractivity contribution in [3.8, 4) is 0 Å². The second-order valence-electron chi connectivity index (χ2n) is 6.75. The Kier molecular flexibility index (Phi) is 7.14. The van der Waals surface area contributed by atoms with Crippen LogP contribution in [-0.2, 0) is 27.4 Å². The quantitative estimate of drug-likeness (QED) is 0.540. The first-order valence-corrected chi connectivity index (χ1v) is 10.4. The van der Waals surface area contributed by atoms with Gasteiger partial charge in [-0.05, 0) is 30.5 Å². The first-order valence-electron chi connectivity index (χ1n) is 9.57. The van der Waals surface area contributed by atoms with Crippen molar-refractivity contribution in [2.75, 3.05) is 5.32 Å². The molecule has 2 aromatic carbocycles. The van der Waals surface area contributed by atoms with E-state index >= 15 is 0 Å². The molecular weight excluding hydrogens is 384 g/mol. The lowest BCUT2D eigenvalue weighted by atomic mass is 9.97. The maximum absolute atomic E-state index is 12.5. The molecule has 0 unspecified atom stereocenters. The van der Waals surface area contributed by atoms with Crippen LogP contribution < -0.4 is 5.32 Å². The fourth-order valence-electron chi connectivity index (χ4n) is 3.01. The predicted molar refractivity (Wildman–Crippen MR) is 115 cm³/mol. The number of anilines is 1. The number of carbonyl (C=O) groups excluding carboxylic acids is 2. The number of benzene rings is 2. The molecule has 3 rings (SSSR count). The van der Waals surface area contributed by atoms with E-state index in [2.05, 4.69) is 10.3 Å². The van der Waals surface area contributed by atoms with Gasteiger partial charge in [0.25, 0.3) is 0 Å². The van der Waals surface area contributed by atoms with E-state index in [1.165, 1.54) is 11.3 Å². The van der Waals surface area contributed by atoms with Crippen LogP contribution in [0.4, 0.5) is 5.69 Å². The highest BCUT2D eigenvalue weighted by Crippen LogP contribution is 2.22. The maximum Gasteiger partial charge on any atom is 0.313 e. The summed E-state index contributed by atoms with van der Waals surface area (Å²) in [7, 11) is 0. The van der Waals surface area contributed by atoms with Crippen LogP contribution in [0.3, 0.4) is 0 Å². The normalized spacial score (nSPS) is 11.7. The van der Waals surface area contributed by atoms with Crippen LogP contribution in [0, 0.1) is 6.92 Å². The van der Waals surface area contributed by atoms with E-state index < -0.39 is 0 Å². The Morgan fingerprint density at radius 1 is 1.10 bits per heavy atom. The van der Waals surface area contributed by atoms with Gasteiger partial charge in [-0.3, -0.25) is 9.59 Å². The van der Waals surface area contributed by atoms with Gasteiger partial charge < -0.3 is 10.1 Å². The van der Waals surface area contributed by atoms with Gasteiger partial charge in [-0.2, -0.15) is 0 Å². The summed E-state index contributed by atoms with van der Waals surface area (Å²) in [4.78, 5) is 29.1. The lowest BCUT2D eigenvalue weighted by Gasteiger charge is -2.14. The second kappa shape index (κ2) is 9.98. The predicted octanol–water partition coefficient (Wildman–Crippen LogP) is 4.87. The SMILES string of the molecule is CC[C@H](C(=O)OCc1csc(CC(=O)Nc2ccccc2C)n1)c1ccccc1. The molecule has 0 saturated heterocycles. The third-order valence-corrected chi connectivity index (χ3v) is 5.48. The molecule has 6 heteroatoms. The number of aryl methyl sites for hydroxylation is 1. The number of para-hydroxylation sites is 1. The second-order valence-corrected chi connectivity index (χ2v) is 7.69. The highest BCUT2D eigenvalue weighted by atomic mass is 32.1. The maximum atomic E-state index is 12.5. The molecule has 0 fully saturated rings. The smallest absolute Gasteiger partial charge is 0.313 e. The Hall–Kier alpha value is -2.99. The van der Waals surface area contributed by atoms with Crippen LogP contribution in [-0.4, -0.2) is 16.9 Å². The van der Waals surface area contributed by atoms with Crippen LogP contribution >= 0.6 is 11.3 Å². The Balaban J connectivity index is 1.53. The number of hydrogen-bond acceptors (Lipinski definition) is 5. The number of rotatable bonds is 8. The molecular formula is C23H24N2O3S. The minimum absolute atomic E-state index is 0.109. The van der Waals surface area contributed by atoms with E-state index in [1.807, 2.05) is 73.8 Å². The van der Waals surface area contributed by atoms with Gasteiger partial charge in [0.05, 0.1) is 18.0 Å². The Labute approximate surface area is 174 Å². The summed E-state index contributed by atoms with van der Waals surface area (Å²) in [5, 5.41) is 5.42. The van der Waals surface area contributed by atoms with Gasteiger partial charge in [0.1, 0.15) is 11.6 Å². The lowest BCUT2D eigenvalue weighted by molar-refractivity contribution is -0.147. The third kappa shape index (κ3) is 5.74. The minimum atomic E-state index is -0.283. The summed E-state index contributed by atoms with van der Waals surface area (Å²) in [6.45, 7) is 4.02. The molecule has 1 amide bonds. The van der Waals surface area contributed by atoms with Crippen molar-refractivity contribution in [2.24, 2.45) is 0 Å². The number of nitrogens with zero attached hydrogens (tertiary/aromatic N) is 1. The van der Waals surface area contributed by atoms with Gasteiger partial charge in [-0.1, -0.05) is 55.5 Å². The summed E-state index contributed by atoms with van der Waals surface area (Å²) in [5.41, 5.74) is 3.42. The Bertz CT molecular complexity index is 969. The number of hydrogen-bond donors (Lipinski definition) is 1. The molecule has 1 heterocycles. The van der Waals surface area contributed by atoms with Gasteiger partial charge in [0, 0.05) is 11.1 Å². The summed E-state index contributed by atoms with van der Waals surface area (Å²) in [6, 6.07) is 17.3. The fourth-order valence-corrected chi connectivity index (χ4v) is 3.79. The molecule has 0 saturated carbocycles. The van der Waals surface area contributed by atoms with Crippen molar-refractivity contribution >= 4 is 28.9 Å². The fraction of sp³-hybridized carbons (Fsp3) is 0.261. The monoisotopic (exact) mass is 408 g/mol. The molecule has 150 valence electrons. The van der Waals surface area contributed by atoms with Crippen LogP contribution in [0.1, 0.15) is 41.1 Å². The van der Waals surface area contributed by atoms with Gasteiger partial charge in [0.15, 0.2) is 0 Å². The average molecular weight is 409 g/mol. The standard InChI is InChI=1S/C23H24N2O3S/c1-3-19(17-10-5-4-6-11-17)23(27)28-14-18-15-29-22(24-18)13-21(26)25-20-12-8-7-9-16(20)2/h4-12,15,19H,3,13-14H2,1-2H3,(H,25,26)/t19-/m0/s1. The molecule has 3 aromatic rings. The van der Waals surface area contributed by atoms with Crippen LogP contribution in [0.5, 0.6) is 0 Å². The average Bonchev–Trinajstić information content (AvgIpc) is 3.17. The Morgan fingerprint density at radius 2 is 1.83 bits per heavy atom. The zero-order chi connectivity index (χ0) is 20.6. The summed E-state index contributed by atoms with van der Waals surface area (Å²) in [5.74, 6) is -0.660. The van der Waals surface area contributed by atoms with Crippen molar-refractivity contribution in [1.29, 1.82) is 0 Å². The number of aromatic nitrogens is 1. The molecule has 29 heavy (non-hydrogen) atoms. The molecule has 1 atom stereocenters. The Morgan fingerprint density at radius 3 is 2.55 bits per heavy atom. The largest absolute Gasteiger partial charge is 0.459 e. The van der Waals surface area contributed by atoms with E-state index in [9.17, 15) is 9.59 Å². The highest BCUT2D eigenvalue weighted by molar-refractivity contribution is 7.09. The molecule has 0 aliphatic carbocycles. The van der Waals surface area contributed by atoms with E-state index in [0.29, 0.717) is 17.1 Å². The zero-order valence-electron chi connectivity index (χ0n) is 16.6. The van der Waals surface area contributed by atoms with Crippen molar-refractivity contribution in [2.45, 2.75) is 39.2 Å². The number of carbonyl (C=O) groups is 2. The van der Waals surface area contributed by atoms with Gasteiger partial charge in [-0.15, -0.1) is 11.3 Å². The number of nitrogens with one attached hydrogen (secondary N) is 1. The summed E-state index contributed by atoms with van der Waals surface area (Å²) in [6.07, 6.45) is 0.860. The minimum Gasteiger partial charge on any atom is -0.459 e. The van der Waals surface area contributed by atoms with Crippen LogP contribution in [0.2, 0.25) is 0 Å². The summed E-state index contributed by atoms with van der Waals surface area (Å²) < 4.78 is 5.47. The first-order chi connectivity index (χ1) is 14.1. The van der Waals surface area contributed by atoms with Crippen molar-refractivity contribution < 1.29 is 14.3 Å². The van der Waals surface area contributed by atoms with Crippen molar-refractivity contribution in [3.05, 3.63) is 81.8 Å². The molecule has 5 nitrogen and oxygen atoms in total. The first kappa shape index (κ1) is 20.7. The number of thiazole rings is 1. The van der Waals surface area contributed by atoms with Crippen LogP contribution in [0.25, 0.3) is 0 Å². The molecule has 0 radical (unpaired) electrons. The number of ether oxygens (including phenoxy) is 1. The van der Waals surface area contributed by atoms with Gasteiger partial charge >= 0.3 is 5.97 Å². The van der Waals surface area contributed by atoms with Gasteiger partial charge in [0.2, 0.25) is 5.91 Å². The van der Waals surface area contributed by atoms with Gasteiger partial charge in [-0.25, -0.2) is 4.98 Å². The van der Waals surface area contributed by atoms with Crippen LogP contribution in [0.15, 0.2) is 60.0 Å². The third-order valence-electron chi connectivity index (χ3n) is 4.59. The molecule has 0 bridgehead atoms. The lowest BCUT2D eigenvalue weighted by Crippen LogP contribution is -2.16. The van der Waals surface area contributed by atoms with E-state index in [4.69, 9.17) is 4.74 Å². The molecule has 0 spiro atoms. The number of amides is 1. The van der Waals surface area contributed by atoms with E-state index in [1.54, 1.807) is 0 Å². The van der Waals surface area contributed by atoms with E-state index in [-0.39, 0.29) is 30.8 Å². The topological polar surface area (TPSA) is 68.3 Å². The molecule has 1 aromatic heterocycles. The molecule has 1 N–H and O–H groups in total. The molecule has 0 aliphatic heterocycles. The van der Waals surface area contributed by atoms with Crippen molar-refractivity contribution in [3.63, 3.8) is 0 Å². The molecule has 0 aliphatic rings.